The lowest BCUT2D eigenvalue weighted by Gasteiger charge is -2.31. The van der Waals surface area contributed by atoms with Gasteiger partial charge < -0.3 is 15.5 Å². The Labute approximate surface area is 153 Å². The zero-order valence-corrected chi connectivity index (χ0v) is 14.8. The molecule has 1 fully saturated rings. The predicted octanol–water partition coefficient (Wildman–Crippen LogP) is 2.37. The molecule has 2 aliphatic heterocycles. The maximum Gasteiger partial charge on any atom is 0.270 e. The number of aromatic nitrogens is 2. The second-order valence-corrected chi connectivity index (χ2v) is 7.30. The van der Waals surface area contributed by atoms with Crippen molar-refractivity contribution in [1.82, 2.24) is 15.1 Å². The molecule has 0 spiro atoms. The third-order valence-electron chi connectivity index (χ3n) is 5.02. The molecule has 0 bridgehead atoms. The molecule has 0 saturated carbocycles. The quantitative estimate of drug-likeness (QED) is 0.647. The number of nitrogens with zero attached hydrogens (tertiary/aromatic N) is 2. The Hall–Kier alpha value is -2.58. The molecule has 0 radical (unpaired) electrons. The van der Waals surface area contributed by atoms with E-state index in [4.69, 9.17) is 0 Å². The second-order valence-electron chi connectivity index (χ2n) is 6.52. The molecule has 3 N–H and O–H groups in total. The number of rotatable bonds is 2. The molecule has 0 amide bonds. The number of piperazine rings is 1. The number of benzene rings is 1. The molecule has 8 heteroatoms. The molecule has 2 aromatic heterocycles. The number of anilines is 2. The lowest BCUT2D eigenvalue weighted by Crippen LogP contribution is -2.43. The maximum absolute atomic E-state index is 15.0. The van der Waals surface area contributed by atoms with Gasteiger partial charge in [0, 0.05) is 49.4 Å². The van der Waals surface area contributed by atoms with Gasteiger partial charge in [0.2, 0.25) is 0 Å². The average molecular weight is 371 g/mol. The molecular weight excluding hydrogens is 353 g/mol. The highest BCUT2D eigenvalue weighted by atomic mass is 32.1. The molecule has 2 aliphatic rings. The summed E-state index contributed by atoms with van der Waals surface area (Å²) in [4.78, 5) is 14.4. The van der Waals surface area contributed by atoms with E-state index in [1.54, 1.807) is 22.1 Å². The van der Waals surface area contributed by atoms with Gasteiger partial charge in [0.1, 0.15) is 5.82 Å². The number of H-pyrrole nitrogens is 1. The molecule has 0 aliphatic carbocycles. The number of thiophene rings is 1. The van der Waals surface area contributed by atoms with Crippen LogP contribution in [0.3, 0.4) is 0 Å². The highest BCUT2D eigenvalue weighted by Gasteiger charge is 2.27. The largest absolute Gasteiger partial charge is 0.380 e. The maximum atomic E-state index is 15.0. The van der Waals surface area contributed by atoms with Crippen molar-refractivity contribution in [2.45, 2.75) is 6.54 Å². The SMILES string of the molecule is O=c1[nH]n(-c2ccsc2)c2c1CNc1cc(N3CCNCC3)c(F)cc1-2. The minimum absolute atomic E-state index is 0.143. The first-order valence-electron chi connectivity index (χ1n) is 8.62. The van der Waals surface area contributed by atoms with Crippen LogP contribution in [0.2, 0.25) is 0 Å². The summed E-state index contributed by atoms with van der Waals surface area (Å²) in [6.07, 6.45) is 0. The van der Waals surface area contributed by atoms with E-state index in [1.165, 1.54) is 0 Å². The molecule has 134 valence electrons. The molecule has 0 atom stereocenters. The van der Waals surface area contributed by atoms with E-state index < -0.39 is 0 Å². The van der Waals surface area contributed by atoms with E-state index in [0.29, 0.717) is 23.4 Å². The topological polar surface area (TPSA) is 65.1 Å². The summed E-state index contributed by atoms with van der Waals surface area (Å²) in [6, 6.07) is 5.36. The van der Waals surface area contributed by atoms with Crippen molar-refractivity contribution in [1.29, 1.82) is 0 Å². The first-order chi connectivity index (χ1) is 12.7. The second kappa shape index (κ2) is 6.00. The van der Waals surface area contributed by atoms with Crippen molar-refractivity contribution in [3.63, 3.8) is 0 Å². The summed E-state index contributed by atoms with van der Waals surface area (Å²) in [5.41, 5.74) is 4.30. The van der Waals surface area contributed by atoms with Gasteiger partial charge in [-0.15, -0.1) is 0 Å². The Morgan fingerprint density at radius 3 is 2.81 bits per heavy atom. The van der Waals surface area contributed by atoms with Gasteiger partial charge in [-0.1, -0.05) is 0 Å². The van der Waals surface area contributed by atoms with Gasteiger partial charge >= 0.3 is 0 Å². The summed E-state index contributed by atoms with van der Waals surface area (Å²) in [6.45, 7) is 3.70. The first kappa shape index (κ1) is 15.7. The van der Waals surface area contributed by atoms with Crippen LogP contribution >= 0.6 is 11.3 Å². The van der Waals surface area contributed by atoms with Crippen molar-refractivity contribution in [2.75, 3.05) is 36.4 Å². The highest BCUT2D eigenvalue weighted by molar-refractivity contribution is 7.08. The Balaban J connectivity index is 1.66. The minimum Gasteiger partial charge on any atom is -0.380 e. The van der Waals surface area contributed by atoms with E-state index in [-0.39, 0.29) is 11.4 Å². The molecule has 4 heterocycles. The third-order valence-corrected chi connectivity index (χ3v) is 5.69. The molecule has 1 aromatic carbocycles. The summed E-state index contributed by atoms with van der Waals surface area (Å²) in [5, 5.41) is 13.4. The lowest BCUT2D eigenvalue weighted by atomic mass is 10.00. The Bertz CT molecular complexity index is 1020. The van der Waals surface area contributed by atoms with Gasteiger partial charge in [-0.25, -0.2) is 4.39 Å². The van der Waals surface area contributed by atoms with E-state index in [2.05, 4.69) is 20.6 Å². The molecule has 0 unspecified atom stereocenters. The van der Waals surface area contributed by atoms with Crippen LogP contribution in [0, 0.1) is 5.82 Å². The Morgan fingerprint density at radius 2 is 2.04 bits per heavy atom. The molecule has 26 heavy (non-hydrogen) atoms. The molecular formula is C18H18FN5OS. The first-order valence-corrected chi connectivity index (χ1v) is 9.56. The van der Waals surface area contributed by atoms with Gasteiger partial charge in [0.15, 0.2) is 0 Å². The molecule has 6 nitrogen and oxygen atoms in total. The zero-order chi connectivity index (χ0) is 17.7. The smallest absolute Gasteiger partial charge is 0.270 e. The third kappa shape index (κ3) is 2.37. The number of nitrogens with one attached hydrogen (secondary N) is 3. The fraction of sp³-hybridized carbons (Fsp3) is 0.278. The van der Waals surface area contributed by atoms with Gasteiger partial charge in [-0.3, -0.25) is 14.6 Å². The molecule has 3 aromatic rings. The van der Waals surface area contributed by atoms with Gasteiger partial charge in [0.25, 0.3) is 5.56 Å². The Morgan fingerprint density at radius 1 is 1.19 bits per heavy atom. The van der Waals surface area contributed by atoms with Gasteiger partial charge in [-0.05, 0) is 23.6 Å². The lowest BCUT2D eigenvalue weighted by molar-refractivity contribution is 0.566. The summed E-state index contributed by atoms with van der Waals surface area (Å²) in [7, 11) is 0. The standard InChI is InChI=1S/C18H18FN5OS/c19-14-7-12-15(8-16(14)23-4-2-20-3-5-23)21-9-13-17(12)24(22-18(13)25)11-1-6-26-10-11/h1,6-8,10,20-21H,2-5,9H2,(H,22,25). The number of hydrogen-bond acceptors (Lipinski definition) is 5. The minimum atomic E-state index is -0.259. The summed E-state index contributed by atoms with van der Waals surface area (Å²) in [5.74, 6) is -0.259. The van der Waals surface area contributed by atoms with Crippen molar-refractivity contribution < 1.29 is 4.39 Å². The van der Waals surface area contributed by atoms with E-state index in [0.717, 1.165) is 43.2 Å². The van der Waals surface area contributed by atoms with Gasteiger partial charge in [-0.2, -0.15) is 11.3 Å². The Kier molecular flexibility index (Phi) is 3.61. The van der Waals surface area contributed by atoms with Crippen LogP contribution in [0.25, 0.3) is 16.9 Å². The number of halogens is 1. The van der Waals surface area contributed by atoms with E-state index in [9.17, 15) is 9.18 Å². The van der Waals surface area contributed by atoms with Crippen LogP contribution in [0.15, 0.2) is 33.8 Å². The molecule has 1 saturated heterocycles. The predicted molar refractivity (Wildman–Crippen MR) is 102 cm³/mol. The number of hydrogen-bond donors (Lipinski definition) is 3. The number of aromatic amines is 1. The molecule has 5 rings (SSSR count). The zero-order valence-electron chi connectivity index (χ0n) is 14.0. The van der Waals surface area contributed by atoms with Crippen molar-refractivity contribution in [3.05, 3.63) is 50.7 Å². The van der Waals surface area contributed by atoms with Crippen molar-refractivity contribution in [3.8, 4) is 16.9 Å². The fourth-order valence-corrected chi connectivity index (χ4v) is 4.35. The normalized spacial score (nSPS) is 16.1. The van der Waals surface area contributed by atoms with E-state index in [1.807, 2.05) is 22.9 Å². The average Bonchev–Trinajstić information content (AvgIpc) is 3.30. The van der Waals surface area contributed by atoms with Crippen LogP contribution in [-0.2, 0) is 6.54 Å². The monoisotopic (exact) mass is 371 g/mol. The number of fused-ring (bicyclic) bond motifs is 3. The van der Waals surface area contributed by atoms with Crippen LogP contribution in [0.5, 0.6) is 0 Å². The van der Waals surface area contributed by atoms with Crippen molar-refractivity contribution >= 4 is 22.7 Å². The summed E-state index contributed by atoms with van der Waals surface area (Å²) >= 11 is 1.55. The van der Waals surface area contributed by atoms with Gasteiger partial charge in [0.05, 0.1) is 22.6 Å². The van der Waals surface area contributed by atoms with Crippen LogP contribution in [0.4, 0.5) is 15.8 Å². The highest BCUT2D eigenvalue weighted by Crippen LogP contribution is 2.39. The van der Waals surface area contributed by atoms with Crippen molar-refractivity contribution in [2.24, 2.45) is 0 Å². The van der Waals surface area contributed by atoms with Crippen LogP contribution < -0.4 is 21.1 Å². The fourth-order valence-electron chi connectivity index (χ4n) is 3.73. The van der Waals surface area contributed by atoms with E-state index >= 15 is 0 Å². The van der Waals surface area contributed by atoms with Crippen LogP contribution in [-0.4, -0.2) is 36.0 Å². The van der Waals surface area contributed by atoms with Crippen LogP contribution in [0.1, 0.15) is 5.56 Å². The summed E-state index contributed by atoms with van der Waals surface area (Å²) < 4.78 is 16.7.